The van der Waals surface area contributed by atoms with E-state index in [1.807, 2.05) is 43.3 Å². The van der Waals surface area contributed by atoms with Crippen LogP contribution in [0.5, 0.6) is 0 Å². The third-order valence-corrected chi connectivity index (χ3v) is 4.75. The average Bonchev–Trinajstić information content (AvgIpc) is 3.18. The van der Waals surface area contributed by atoms with Gasteiger partial charge in [0.2, 0.25) is 0 Å². The van der Waals surface area contributed by atoms with E-state index in [1.165, 1.54) is 5.56 Å². The van der Waals surface area contributed by atoms with Crippen LogP contribution in [0.4, 0.5) is 5.69 Å². The molecule has 126 valence electrons. The highest BCUT2D eigenvalue weighted by Crippen LogP contribution is 2.41. The molecule has 1 aromatic carbocycles. The van der Waals surface area contributed by atoms with Gasteiger partial charge in [-0.25, -0.2) is 0 Å². The Bertz CT molecular complexity index is 906. The highest BCUT2D eigenvalue weighted by atomic mass is 32.1. The van der Waals surface area contributed by atoms with Crippen molar-refractivity contribution < 1.29 is 4.42 Å². The first-order valence-corrected chi connectivity index (χ1v) is 8.68. The van der Waals surface area contributed by atoms with Gasteiger partial charge in [0.05, 0.1) is 11.7 Å². The normalized spacial score (nSPS) is 19.9. The van der Waals surface area contributed by atoms with Crippen molar-refractivity contribution in [2.75, 3.05) is 4.90 Å². The van der Waals surface area contributed by atoms with Gasteiger partial charge in [-0.15, -0.1) is 0 Å². The van der Waals surface area contributed by atoms with E-state index in [0.29, 0.717) is 5.11 Å². The lowest BCUT2D eigenvalue weighted by molar-refractivity contribution is 0.418. The standard InChI is InChI=1S/C20H19N3OS/c1-13-6-5-7-15(12-13)23-19(17-10-9-14(2)24-17)18(22-20(23)25)16-8-3-4-11-21-16/h3-12,18-19H,1-2H3,(H,22,25)/t18-,19-/m1/s1. The van der Waals surface area contributed by atoms with Gasteiger partial charge in [-0.05, 0) is 68.0 Å². The third kappa shape index (κ3) is 2.91. The summed E-state index contributed by atoms with van der Waals surface area (Å²) in [4.78, 5) is 6.66. The minimum Gasteiger partial charge on any atom is -0.464 e. The highest BCUT2D eigenvalue weighted by Gasteiger charge is 2.42. The molecule has 1 aliphatic rings. The fourth-order valence-corrected chi connectivity index (χ4v) is 3.66. The van der Waals surface area contributed by atoms with Crippen LogP contribution in [0.15, 0.2) is 65.2 Å². The molecule has 25 heavy (non-hydrogen) atoms. The average molecular weight is 349 g/mol. The van der Waals surface area contributed by atoms with E-state index in [1.54, 1.807) is 6.20 Å². The number of thiocarbonyl (C=S) groups is 1. The van der Waals surface area contributed by atoms with Crippen LogP contribution in [0.2, 0.25) is 0 Å². The molecular formula is C20H19N3OS. The zero-order chi connectivity index (χ0) is 17.4. The molecular weight excluding hydrogens is 330 g/mol. The van der Waals surface area contributed by atoms with Gasteiger partial charge in [0.25, 0.3) is 0 Å². The molecule has 0 amide bonds. The van der Waals surface area contributed by atoms with Crippen LogP contribution in [0.1, 0.15) is 34.9 Å². The molecule has 0 radical (unpaired) electrons. The number of hydrogen-bond acceptors (Lipinski definition) is 3. The first kappa shape index (κ1) is 15.8. The van der Waals surface area contributed by atoms with Gasteiger partial charge in [0.15, 0.2) is 5.11 Å². The molecule has 1 N–H and O–H groups in total. The predicted molar refractivity (Wildman–Crippen MR) is 103 cm³/mol. The topological polar surface area (TPSA) is 41.3 Å². The van der Waals surface area contributed by atoms with Gasteiger partial charge >= 0.3 is 0 Å². The molecule has 4 rings (SSSR count). The largest absolute Gasteiger partial charge is 0.464 e. The molecule has 2 aromatic heterocycles. The number of nitrogens with zero attached hydrogens (tertiary/aromatic N) is 2. The van der Waals surface area contributed by atoms with Crippen molar-refractivity contribution in [1.82, 2.24) is 10.3 Å². The Morgan fingerprint density at radius 3 is 2.64 bits per heavy atom. The van der Waals surface area contributed by atoms with Crippen LogP contribution in [-0.4, -0.2) is 10.1 Å². The van der Waals surface area contributed by atoms with Crippen molar-refractivity contribution in [3.8, 4) is 0 Å². The smallest absolute Gasteiger partial charge is 0.174 e. The van der Waals surface area contributed by atoms with E-state index in [0.717, 1.165) is 22.9 Å². The van der Waals surface area contributed by atoms with E-state index in [-0.39, 0.29) is 12.1 Å². The van der Waals surface area contributed by atoms with Gasteiger partial charge in [-0.1, -0.05) is 18.2 Å². The van der Waals surface area contributed by atoms with Crippen LogP contribution in [0.25, 0.3) is 0 Å². The molecule has 3 aromatic rings. The van der Waals surface area contributed by atoms with Crippen LogP contribution >= 0.6 is 12.2 Å². The summed E-state index contributed by atoms with van der Waals surface area (Å²) in [7, 11) is 0. The number of aromatic nitrogens is 1. The van der Waals surface area contributed by atoms with Crippen molar-refractivity contribution >= 4 is 23.0 Å². The fourth-order valence-electron chi connectivity index (χ4n) is 3.31. The Kier molecular flexibility index (Phi) is 4.01. The Balaban J connectivity index is 1.83. The second-order valence-corrected chi connectivity index (χ2v) is 6.67. The zero-order valence-corrected chi connectivity index (χ0v) is 15.0. The molecule has 1 saturated heterocycles. The lowest BCUT2D eigenvalue weighted by atomic mass is 10.0. The number of rotatable bonds is 3. The maximum atomic E-state index is 5.98. The van der Waals surface area contributed by atoms with Crippen molar-refractivity contribution in [2.45, 2.75) is 25.9 Å². The Morgan fingerprint density at radius 1 is 1.08 bits per heavy atom. The molecule has 1 aliphatic heterocycles. The lowest BCUT2D eigenvalue weighted by Gasteiger charge is -2.26. The number of benzene rings is 1. The number of nitrogens with one attached hydrogen (secondary N) is 1. The van der Waals surface area contributed by atoms with Gasteiger partial charge in [0.1, 0.15) is 17.6 Å². The predicted octanol–water partition coefficient (Wildman–Crippen LogP) is 4.47. The van der Waals surface area contributed by atoms with Crippen molar-refractivity contribution in [3.63, 3.8) is 0 Å². The molecule has 2 atom stereocenters. The van der Waals surface area contributed by atoms with Crippen LogP contribution < -0.4 is 10.2 Å². The minimum absolute atomic E-state index is 0.0697. The Hall–Kier alpha value is -2.66. The summed E-state index contributed by atoms with van der Waals surface area (Å²) in [6.07, 6.45) is 1.81. The zero-order valence-electron chi connectivity index (χ0n) is 14.1. The molecule has 0 spiro atoms. The monoisotopic (exact) mass is 349 g/mol. The molecule has 3 heterocycles. The summed E-state index contributed by atoms with van der Waals surface area (Å²) < 4.78 is 5.98. The van der Waals surface area contributed by atoms with E-state index < -0.39 is 0 Å². The highest BCUT2D eigenvalue weighted by molar-refractivity contribution is 7.80. The molecule has 0 saturated carbocycles. The second-order valence-electron chi connectivity index (χ2n) is 6.28. The second kappa shape index (κ2) is 6.33. The summed E-state index contributed by atoms with van der Waals surface area (Å²) in [5.74, 6) is 1.76. The van der Waals surface area contributed by atoms with Gasteiger partial charge in [-0.2, -0.15) is 0 Å². The maximum absolute atomic E-state index is 5.98. The first-order chi connectivity index (χ1) is 12.1. The van der Waals surface area contributed by atoms with Crippen LogP contribution in [0, 0.1) is 13.8 Å². The van der Waals surface area contributed by atoms with Crippen molar-refractivity contribution in [1.29, 1.82) is 0 Å². The van der Waals surface area contributed by atoms with Crippen LogP contribution in [-0.2, 0) is 0 Å². The Morgan fingerprint density at radius 2 is 1.96 bits per heavy atom. The van der Waals surface area contributed by atoms with E-state index in [2.05, 4.69) is 40.3 Å². The van der Waals surface area contributed by atoms with E-state index >= 15 is 0 Å². The number of furan rings is 1. The van der Waals surface area contributed by atoms with E-state index in [9.17, 15) is 0 Å². The summed E-state index contributed by atoms with van der Waals surface area (Å²) in [6.45, 7) is 4.04. The lowest BCUT2D eigenvalue weighted by Crippen LogP contribution is -2.29. The molecule has 1 fully saturated rings. The van der Waals surface area contributed by atoms with Crippen molar-refractivity contribution in [3.05, 3.63) is 83.6 Å². The van der Waals surface area contributed by atoms with Gasteiger partial charge in [0, 0.05) is 11.9 Å². The summed E-state index contributed by atoms with van der Waals surface area (Å²) in [6, 6.07) is 18.1. The number of aryl methyl sites for hydroxylation is 2. The van der Waals surface area contributed by atoms with Gasteiger partial charge < -0.3 is 14.6 Å². The van der Waals surface area contributed by atoms with Crippen molar-refractivity contribution in [2.24, 2.45) is 0 Å². The van der Waals surface area contributed by atoms with Gasteiger partial charge in [-0.3, -0.25) is 4.98 Å². The number of anilines is 1. The number of hydrogen-bond donors (Lipinski definition) is 1. The molecule has 0 aliphatic carbocycles. The SMILES string of the molecule is Cc1cccc(N2C(=S)N[C@H](c3ccccn3)[C@H]2c2ccc(C)o2)c1. The van der Waals surface area contributed by atoms with Crippen LogP contribution in [0.3, 0.4) is 0 Å². The first-order valence-electron chi connectivity index (χ1n) is 8.27. The molecule has 0 bridgehead atoms. The fraction of sp³-hybridized carbons (Fsp3) is 0.200. The van der Waals surface area contributed by atoms with E-state index in [4.69, 9.17) is 16.6 Å². The summed E-state index contributed by atoms with van der Waals surface area (Å²) in [5.41, 5.74) is 3.19. The number of pyridine rings is 1. The molecule has 0 unspecified atom stereocenters. The molecule has 5 heteroatoms. The molecule has 4 nitrogen and oxygen atoms in total. The summed E-state index contributed by atoms with van der Waals surface area (Å²) in [5, 5.41) is 4.11. The Labute approximate surface area is 152 Å². The maximum Gasteiger partial charge on any atom is 0.174 e. The summed E-state index contributed by atoms with van der Waals surface area (Å²) >= 11 is 5.67. The minimum atomic E-state index is -0.0853. The third-order valence-electron chi connectivity index (χ3n) is 4.43. The quantitative estimate of drug-likeness (QED) is 0.707.